The average molecular weight is 484 g/mol. The lowest BCUT2D eigenvalue weighted by atomic mass is 9.75. The molecule has 2 heterocycles. The van der Waals surface area contributed by atoms with Crippen molar-refractivity contribution in [2.45, 2.75) is 30.9 Å². The van der Waals surface area contributed by atoms with E-state index >= 15 is 0 Å². The highest BCUT2D eigenvalue weighted by Gasteiger charge is 2.35. The molecule has 0 amide bonds. The highest BCUT2D eigenvalue weighted by molar-refractivity contribution is 5.51. The number of aromatic hydroxyl groups is 1. The van der Waals surface area contributed by atoms with E-state index in [1.807, 2.05) is 30.3 Å². The van der Waals surface area contributed by atoms with E-state index in [4.69, 9.17) is 9.47 Å². The van der Waals surface area contributed by atoms with Crippen LogP contribution in [0.4, 0.5) is 13.2 Å². The summed E-state index contributed by atoms with van der Waals surface area (Å²) in [5, 5.41) is 9.93. The van der Waals surface area contributed by atoms with E-state index in [-0.39, 0.29) is 17.6 Å². The SMILES string of the molecule is Oc1ccc2c(c1)OC[C@H](c1ccc(C(F)(F)F)cc1)C2c1ccc(OCCN2CCCC2)cc1. The number of rotatable bonds is 6. The molecule has 1 unspecified atom stereocenters. The topological polar surface area (TPSA) is 41.9 Å². The van der Waals surface area contributed by atoms with Gasteiger partial charge in [0.15, 0.2) is 0 Å². The van der Waals surface area contributed by atoms with Gasteiger partial charge in [0.2, 0.25) is 0 Å². The van der Waals surface area contributed by atoms with Crippen LogP contribution in [0.5, 0.6) is 17.2 Å². The molecule has 0 aliphatic carbocycles. The third-order valence-electron chi connectivity index (χ3n) is 6.93. The molecule has 0 saturated carbocycles. The van der Waals surface area contributed by atoms with Crippen LogP contribution >= 0.6 is 0 Å². The first-order valence-corrected chi connectivity index (χ1v) is 12.0. The highest BCUT2D eigenvalue weighted by atomic mass is 19.4. The Bertz CT molecular complexity index is 1140. The van der Waals surface area contributed by atoms with Crippen LogP contribution in [0, 0.1) is 0 Å². The molecular weight excluding hydrogens is 455 g/mol. The highest BCUT2D eigenvalue weighted by Crippen LogP contribution is 2.47. The molecule has 35 heavy (non-hydrogen) atoms. The van der Waals surface area contributed by atoms with Gasteiger partial charge in [-0.3, -0.25) is 4.90 Å². The molecular formula is C28H28F3NO3. The summed E-state index contributed by atoms with van der Waals surface area (Å²) >= 11 is 0. The van der Waals surface area contributed by atoms with E-state index < -0.39 is 11.7 Å². The fraction of sp³-hybridized carbons (Fsp3) is 0.357. The maximum Gasteiger partial charge on any atom is 0.416 e. The molecule has 0 aromatic heterocycles. The van der Waals surface area contributed by atoms with Gasteiger partial charge in [-0.2, -0.15) is 13.2 Å². The van der Waals surface area contributed by atoms with Gasteiger partial charge in [-0.05, 0) is 67.4 Å². The van der Waals surface area contributed by atoms with Gasteiger partial charge >= 0.3 is 6.18 Å². The maximum atomic E-state index is 13.1. The number of hydrogen-bond donors (Lipinski definition) is 1. The zero-order valence-electron chi connectivity index (χ0n) is 19.3. The fourth-order valence-electron chi connectivity index (χ4n) is 5.09. The predicted molar refractivity (Wildman–Crippen MR) is 127 cm³/mol. The Morgan fingerprint density at radius 3 is 2.29 bits per heavy atom. The first kappa shape index (κ1) is 23.5. The molecule has 5 rings (SSSR count). The number of fused-ring (bicyclic) bond motifs is 1. The maximum absolute atomic E-state index is 13.1. The van der Waals surface area contributed by atoms with E-state index in [0.717, 1.165) is 54.2 Å². The molecule has 0 radical (unpaired) electrons. The van der Waals surface area contributed by atoms with Crippen LogP contribution in [-0.2, 0) is 6.18 Å². The molecule has 0 bridgehead atoms. The largest absolute Gasteiger partial charge is 0.508 e. The van der Waals surface area contributed by atoms with Crippen LogP contribution in [0.15, 0.2) is 66.7 Å². The summed E-state index contributed by atoms with van der Waals surface area (Å²) in [4.78, 5) is 2.40. The van der Waals surface area contributed by atoms with Crippen molar-refractivity contribution in [2.75, 3.05) is 32.8 Å². The first-order chi connectivity index (χ1) is 16.9. The molecule has 3 aromatic rings. The lowest BCUT2D eigenvalue weighted by Gasteiger charge is -2.34. The minimum absolute atomic E-state index is 0.109. The van der Waals surface area contributed by atoms with Gasteiger partial charge in [-0.15, -0.1) is 0 Å². The summed E-state index contributed by atoms with van der Waals surface area (Å²) in [5.74, 6) is 1.16. The van der Waals surface area contributed by atoms with E-state index in [1.54, 1.807) is 12.1 Å². The lowest BCUT2D eigenvalue weighted by Crippen LogP contribution is -2.25. The van der Waals surface area contributed by atoms with Crippen LogP contribution < -0.4 is 9.47 Å². The fourth-order valence-corrected chi connectivity index (χ4v) is 5.09. The number of phenolic OH excluding ortho intramolecular Hbond substituents is 1. The van der Waals surface area contributed by atoms with Gasteiger partial charge in [-0.25, -0.2) is 0 Å². The molecule has 4 nitrogen and oxygen atoms in total. The Balaban J connectivity index is 1.40. The zero-order valence-corrected chi connectivity index (χ0v) is 19.3. The molecule has 1 saturated heterocycles. The van der Waals surface area contributed by atoms with Gasteiger partial charge in [-0.1, -0.05) is 30.3 Å². The molecule has 184 valence electrons. The predicted octanol–water partition coefficient (Wildman–Crippen LogP) is 6.19. The van der Waals surface area contributed by atoms with Crippen LogP contribution in [0.25, 0.3) is 0 Å². The van der Waals surface area contributed by atoms with Crippen molar-refractivity contribution < 1.29 is 27.8 Å². The van der Waals surface area contributed by atoms with Gasteiger partial charge in [0.25, 0.3) is 0 Å². The Labute approximate surface area is 202 Å². The molecule has 3 aromatic carbocycles. The summed E-state index contributed by atoms with van der Waals surface area (Å²) in [5.41, 5.74) is 2.00. The van der Waals surface area contributed by atoms with Crippen molar-refractivity contribution in [1.29, 1.82) is 0 Å². The smallest absolute Gasteiger partial charge is 0.416 e. The zero-order chi connectivity index (χ0) is 24.4. The number of likely N-dealkylation sites (tertiary alicyclic amines) is 1. The second-order valence-electron chi connectivity index (χ2n) is 9.20. The first-order valence-electron chi connectivity index (χ1n) is 12.0. The van der Waals surface area contributed by atoms with Gasteiger partial charge in [0.05, 0.1) is 12.2 Å². The molecule has 2 aliphatic rings. The summed E-state index contributed by atoms with van der Waals surface area (Å²) in [6, 6.07) is 18.2. The lowest BCUT2D eigenvalue weighted by molar-refractivity contribution is -0.137. The van der Waals surface area contributed by atoms with Crippen LogP contribution in [0.2, 0.25) is 0 Å². The summed E-state index contributed by atoms with van der Waals surface area (Å²) in [6.45, 7) is 4.10. The second kappa shape index (κ2) is 9.82. The number of ether oxygens (including phenoxy) is 2. The Kier molecular flexibility index (Phi) is 6.60. The van der Waals surface area contributed by atoms with Crippen molar-refractivity contribution in [3.8, 4) is 17.2 Å². The number of benzene rings is 3. The molecule has 2 aliphatic heterocycles. The molecule has 0 spiro atoms. The molecule has 2 atom stereocenters. The standard InChI is InChI=1S/C28H28F3NO3/c29-28(30,31)21-7-3-19(4-8-21)25-18-35-26-17-22(33)9-12-24(26)27(25)20-5-10-23(11-6-20)34-16-15-32-13-1-2-14-32/h3-12,17,25,27,33H,1-2,13-16,18H2/t25-,27?/m1/s1. The number of phenols is 1. The minimum Gasteiger partial charge on any atom is -0.508 e. The molecule has 1 fully saturated rings. The number of nitrogens with zero attached hydrogens (tertiary/aromatic N) is 1. The summed E-state index contributed by atoms with van der Waals surface area (Å²) < 4.78 is 51.1. The quantitative estimate of drug-likeness (QED) is 0.454. The Morgan fingerprint density at radius 1 is 0.914 bits per heavy atom. The number of halogens is 3. The van der Waals surface area contributed by atoms with Crippen molar-refractivity contribution in [3.63, 3.8) is 0 Å². The van der Waals surface area contributed by atoms with E-state index in [9.17, 15) is 18.3 Å². The van der Waals surface area contributed by atoms with Crippen molar-refractivity contribution in [2.24, 2.45) is 0 Å². The number of alkyl halides is 3. The monoisotopic (exact) mass is 483 g/mol. The minimum atomic E-state index is -4.38. The van der Waals surface area contributed by atoms with E-state index in [1.165, 1.54) is 25.0 Å². The molecule has 1 N–H and O–H groups in total. The van der Waals surface area contributed by atoms with Crippen molar-refractivity contribution in [3.05, 3.63) is 89.0 Å². The van der Waals surface area contributed by atoms with Gasteiger partial charge in [0.1, 0.15) is 23.9 Å². The van der Waals surface area contributed by atoms with E-state index in [2.05, 4.69) is 4.90 Å². The normalized spacial score (nSPS) is 20.3. The van der Waals surface area contributed by atoms with Crippen LogP contribution in [0.3, 0.4) is 0 Å². The van der Waals surface area contributed by atoms with Crippen LogP contribution in [-0.4, -0.2) is 42.9 Å². The Morgan fingerprint density at radius 2 is 1.60 bits per heavy atom. The van der Waals surface area contributed by atoms with Crippen molar-refractivity contribution in [1.82, 2.24) is 4.90 Å². The van der Waals surface area contributed by atoms with Crippen LogP contribution in [0.1, 0.15) is 46.9 Å². The number of hydrogen-bond acceptors (Lipinski definition) is 4. The van der Waals surface area contributed by atoms with Gasteiger partial charge in [0, 0.05) is 30.0 Å². The Hall–Kier alpha value is -3.19. The average Bonchev–Trinajstić information content (AvgIpc) is 3.37. The summed E-state index contributed by atoms with van der Waals surface area (Å²) in [7, 11) is 0. The van der Waals surface area contributed by atoms with E-state index in [0.29, 0.717) is 19.0 Å². The summed E-state index contributed by atoms with van der Waals surface area (Å²) in [6.07, 6.45) is -1.88. The van der Waals surface area contributed by atoms with Gasteiger partial charge < -0.3 is 14.6 Å². The molecule has 7 heteroatoms. The second-order valence-corrected chi connectivity index (χ2v) is 9.20. The van der Waals surface area contributed by atoms with Crippen molar-refractivity contribution >= 4 is 0 Å². The third kappa shape index (κ3) is 5.25. The third-order valence-corrected chi connectivity index (χ3v) is 6.93.